The smallest absolute Gasteiger partial charge is 0.0409 e. The third-order valence-electron chi connectivity index (χ3n) is 2.89. The van der Waals surface area contributed by atoms with Crippen molar-refractivity contribution in [2.75, 3.05) is 20.6 Å². The lowest BCUT2D eigenvalue weighted by Crippen LogP contribution is -2.31. The summed E-state index contributed by atoms with van der Waals surface area (Å²) in [5, 5.41) is 4.40. The molecule has 0 radical (unpaired) electrons. The van der Waals surface area contributed by atoms with E-state index in [0.29, 0.717) is 12.1 Å². The van der Waals surface area contributed by atoms with Gasteiger partial charge in [0.1, 0.15) is 0 Å². The lowest BCUT2D eigenvalue weighted by atomic mass is 10.1. The Bertz CT molecular complexity index is 339. The van der Waals surface area contributed by atoms with E-state index in [0.717, 1.165) is 18.0 Å². The van der Waals surface area contributed by atoms with Crippen LogP contribution in [-0.2, 0) is 0 Å². The maximum absolute atomic E-state index is 5.99. The van der Waals surface area contributed by atoms with Crippen LogP contribution in [0.4, 0.5) is 0 Å². The Morgan fingerprint density at radius 2 is 2.00 bits per heavy atom. The van der Waals surface area contributed by atoms with Crippen LogP contribution in [0.15, 0.2) is 24.3 Å². The molecule has 2 nitrogen and oxygen atoms in total. The van der Waals surface area contributed by atoms with Crippen LogP contribution in [0.5, 0.6) is 0 Å². The van der Waals surface area contributed by atoms with E-state index in [4.69, 9.17) is 11.6 Å². The first-order chi connectivity index (χ1) is 7.99. The average molecular weight is 255 g/mol. The van der Waals surface area contributed by atoms with Crippen molar-refractivity contribution in [3.8, 4) is 0 Å². The van der Waals surface area contributed by atoms with Crippen LogP contribution in [0.25, 0.3) is 0 Å². The molecule has 0 aliphatic carbocycles. The number of rotatable bonds is 6. The van der Waals surface area contributed by atoms with Gasteiger partial charge in [0.2, 0.25) is 0 Å². The number of nitrogens with one attached hydrogen (secondary N) is 1. The van der Waals surface area contributed by atoms with E-state index in [2.05, 4.69) is 44.2 Å². The van der Waals surface area contributed by atoms with Gasteiger partial charge in [-0.3, -0.25) is 0 Å². The zero-order valence-corrected chi connectivity index (χ0v) is 12.0. The van der Waals surface area contributed by atoms with E-state index in [-0.39, 0.29) is 0 Å². The van der Waals surface area contributed by atoms with Gasteiger partial charge in [0.25, 0.3) is 0 Å². The maximum Gasteiger partial charge on any atom is 0.0409 e. The van der Waals surface area contributed by atoms with Gasteiger partial charge in [0.05, 0.1) is 0 Å². The van der Waals surface area contributed by atoms with Crippen molar-refractivity contribution in [3.05, 3.63) is 34.9 Å². The standard InChI is InChI=1S/C14H23ClN2/c1-11(8-9-17(3)4)16-12(2)13-6-5-7-14(15)10-13/h5-7,10-12,16H,8-9H2,1-4H3. The molecule has 0 heterocycles. The highest BCUT2D eigenvalue weighted by Crippen LogP contribution is 2.18. The monoisotopic (exact) mass is 254 g/mol. The minimum Gasteiger partial charge on any atom is -0.309 e. The molecule has 0 fully saturated rings. The number of nitrogens with zero attached hydrogens (tertiary/aromatic N) is 1. The van der Waals surface area contributed by atoms with E-state index < -0.39 is 0 Å². The van der Waals surface area contributed by atoms with E-state index >= 15 is 0 Å². The van der Waals surface area contributed by atoms with Gasteiger partial charge in [0, 0.05) is 17.1 Å². The molecule has 17 heavy (non-hydrogen) atoms. The SMILES string of the molecule is CC(CCN(C)C)NC(C)c1cccc(Cl)c1. The third-order valence-corrected chi connectivity index (χ3v) is 3.13. The molecule has 1 N–H and O–H groups in total. The average Bonchev–Trinajstić information content (AvgIpc) is 2.26. The van der Waals surface area contributed by atoms with Crippen molar-refractivity contribution in [3.63, 3.8) is 0 Å². The van der Waals surface area contributed by atoms with Crippen molar-refractivity contribution in [2.24, 2.45) is 0 Å². The molecule has 0 aliphatic rings. The molecular formula is C14H23ClN2. The second kappa shape index (κ2) is 7.00. The van der Waals surface area contributed by atoms with E-state index in [1.54, 1.807) is 0 Å². The van der Waals surface area contributed by atoms with Gasteiger partial charge in [-0.15, -0.1) is 0 Å². The number of hydrogen-bond acceptors (Lipinski definition) is 2. The molecule has 0 amide bonds. The normalized spacial score (nSPS) is 14.9. The molecule has 3 heteroatoms. The Labute approximate surface area is 110 Å². The molecule has 2 atom stereocenters. The lowest BCUT2D eigenvalue weighted by molar-refractivity contribution is 0.354. The molecule has 1 aromatic carbocycles. The Hall–Kier alpha value is -0.570. The van der Waals surface area contributed by atoms with Gasteiger partial charge >= 0.3 is 0 Å². The molecule has 0 aliphatic heterocycles. The topological polar surface area (TPSA) is 15.3 Å². The molecule has 0 aromatic heterocycles. The first-order valence-corrected chi connectivity index (χ1v) is 6.53. The van der Waals surface area contributed by atoms with E-state index in [9.17, 15) is 0 Å². The summed E-state index contributed by atoms with van der Waals surface area (Å²) in [5.74, 6) is 0. The van der Waals surface area contributed by atoms with Crippen LogP contribution in [-0.4, -0.2) is 31.6 Å². The van der Waals surface area contributed by atoms with Crippen LogP contribution in [0.2, 0.25) is 5.02 Å². The van der Waals surface area contributed by atoms with Gasteiger partial charge < -0.3 is 10.2 Å². The molecule has 2 unspecified atom stereocenters. The molecule has 1 aromatic rings. The summed E-state index contributed by atoms with van der Waals surface area (Å²) in [6, 6.07) is 8.89. The Kier molecular flexibility index (Phi) is 5.96. The molecular weight excluding hydrogens is 232 g/mol. The minimum atomic E-state index is 0.339. The summed E-state index contributed by atoms with van der Waals surface area (Å²) >= 11 is 5.99. The first kappa shape index (κ1) is 14.5. The largest absolute Gasteiger partial charge is 0.309 e. The maximum atomic E-state index is 5.99. The summed E-state index contributed by atoms with van der Waals surface area (Å²) in [6.07, 6.45) is 1.15. The van der Waals surface area contributed by atoms with Crippen LogP contribution in [0, 0.1) is 0 Å². The van der Waals surface area contributed by atoms with Crippen molar-refractivity contribution >= 4 is 11.6 Å². The number of halogens is 1. The quantitative estimate of drug-likeness (QED) is 0.838. The highest BCUT2D eigenvalue weighted by atomic mass is 35.5. The Morgan fingerprint density at radius 1 is 1.29 bits per heavy atom. The van der Waals surface area contributed by atoms with Gasteiger partial charge in [-0.05, 0) is 58.6 Å². The predicted octanol–water partition coefficient (Wildman–Crippen LogP) is 3.33. The Balaban J connectivity index is 2.45. The third kappa shape index (κ3) is 5.53. The fourth-order valence-corrected chi connectivity index (χ4v) is 2.03. The zero-order chi connectivity index (χ0) is 12.8. The fraction of sp³-hybridized carbons (Fsp3) is 0.571. The molecule has 0 bridgehead atoms. The summed E-state index contributed by atoms with van der Waals surface area (Å²) in [7, 11) is 4.21. The minimum absolute atomic E-state index is 0.339. The van der Waals surface area contributed by atoms with Crippen LogP contribution in [0.3, 0.4) is 0 Å². The van der Waals surface area contributed by atoms with Gasteiger partial charge in [-0.25, -0.2) is 0 Å². The molecule has 0 spiro atoms. The summed E-state index contributed by atoms with van der Waals surface area (Å²) in [5.41, 5.74) is 1.24. The second-order valence-corrected chi connectivity index (χ2v) is 5.37. The van der Waals surface area contributed by atoms with Crippen LogP contribution in [0.1, 0.15) is 31.9 Å². The fourth-order valence-electron chi connectivity index (χ4n) is 1.83. The van der Waals surface area contributed by atoms with Gasteiger partial charge in [-0.2, -0.15) is 0 Å². The number of hydrogen-bond donors (Lipinski definition) is 1. The molecule has 1 rings (SSSR count). The lowest BCUT2D eigenvalue weighted by Gasteiger charge is -2.22. The van der Waals surface area contributed by atoms with E-state index in [1.165, 1.54) is 5.56 Å². The van der Waals surface area contributed by atoms with Crippen LogP contribution < -0.4 is 5.32 Å². The van der Waals surface area contributed by atoms with Crippen molar-refractivity contribution in [1.29, 1.82) is 0 Å². The van der Waals surface area contributed by atoms with Crippen molar-refractivity contribution in [2.45, 2.75) is 32.4 Å². The summed E-state index contributed by atoms with van der Waals surface area (Å²) in [4.78, 5) is 2.21. The summed E-state index contributed by atoms with van der Waals surface area (Å²) < 4.78 is 0. The number of benzene rings is 1. The van der Waals surface area contributed by atoms with Gasteiger partial charge in [-0.1, -0.05) is 23.7 Å². The van der Waals surface area contributed by atoms with Crippen molar-refractivity contribution < 1.29 is 0 Å². The highest BCUT2D eigenvalue weighted by Gasteiger charge is 2.09. The van der Waals surface area contributed by atoms with Gasteiger partial charge in [0.15, 0.2) is 0 Å². The predicted molar refractivity (Wildman–Crippen MR) is 75.6 cm³/mol. The highest BCUT2D eigenvalue weighted by molar-refractivity contribution is 6.30. The molecule has 0 saturated carbocycles. The Morgan fingerprint density at radius 3 is 2.59 bits per heavy atom. The summed E-state index contributed by atoms with van der Waals surface area (Å²) in [6.45, 7) is 5.51. The van der Waals surface area contributed by atoms with Crippen molar-refractivity contribution in [1.82, 2.24) is 10.2 Å². The molecule has 0 saturated heterocycles. The first-order valence-electron chi connectivity index (χ1n) is 6.15. The van der Waals surface area contributed by atoms with E-state index in [1.807, 2.05) is 18.2 Å². The zero-order valence-electron chi connectivity index (χ0n) is 11.2. The molecule has 96 valence electrons. The van der Waals surface area contributed by atoms with Crippen LogP contribution >= 0.6 is 11.6 Å². The second-order valence-electron chi connectivity index (χ2n) is 4.94.